The Labute approximate surface area is 137 Å². The zero-order chi connectivity index (χ0) is 15.8. The van der Waals surface area contributed by atoms with Crippen molar-refractivity contribution in [2.45, 2.75) is 12.5 Å². The number of nitrogens with two attached hydrogens (primary N) is 1. The number of carbonyl (C=O) groups is 1. The topological polar surface area (TPSA) is 104 Å². The van der Waals surface area contributed by atoms with E-state index in [9.17, 15) is 4.79 Å². The van der Waals surface area contributed by atoms with Crippen molar-refractivity contribution in [3.8, 4) is 0 Å². The highest BCUT2D eigenvalue weighted by atomic mass is 32.2. The van der Waals surface area contributed by atoms with Gasteiger partial charge in [0, 0.05) is 37.6 Å². The molecule has 3 N–H and O–H groups in total. The number of aromatic nitrogens is 4. The Hall–Kier alpha value is -2.13. The van der Waals surface area contributed by atoms with Crippen LogP contribution in [-0.4, -0.2) is 62.2 Å². The highest BCUT2D eigenvalue weighted by Crippen LogP contribution is 2.29. The lowest BCUT2D eigenvalue weighted by atomic mass is 10.3. The molecule has 1 amide bonds. The average Bonchev–Trinajstić information content (AvgIpc) is 3.22. The highest BCUT2D eigenvalue weighted by molar-refractivity contribution is 8.04. The molecule has 9 heteroatoms. The molecule has 8 nitrogen and oxygen atoms in total. The average molecular weight is 331 g/mol. The van der Waals surface area contributed by atoms with Crippen LogP contribution in [-0.2, 0) is 4.79 Å². The van der Waals surface area contributed by atoms with E-state index in [1.807, 2.05) is 16.0 Å². The van der Waals surface area contributed by atoms with Crippen LogP contribution in [0.4, 0.5) is 5.82 Å². The third-order valence-corrected chi connectivity index (χ3v) is 5.04. The maximum atomic E-state index is 12.6. The number of fused-ring (bicyclic) bond motifs is 1. The summed E-state index contributed by atoms with van der Waals surface area (Å²) in [7, 11) is 0. The van der Waals surface area contributed by atoms with Crippen molar-refractivity contribution in [3.05, 3.63) is 23.8 Å². The number of likely N-dealkylation sites (tertiary alicyclic amines) is 1. The molecule has 0 radical (unpaired) electrons. The largest absolute Gasteiger partial charge is 0.340 e. The summed E-state index contributed by atoms with van der Waals surface area (Å²) in [6, 6.07) is 0.0933. The smallest absolute Gasteiger partial charge is 0.261 e. The maximum Gasteiger partial charge on any atom is 0.261 e. The van der Waals surface area contributed by atoms with Gasteiger partial charge in [-0.2, -0.15) is 0 Å². The van der Waals surface area contributed by atoms with Gasteiger partial charge in [-0.1, -0.05) is 0 Å². The number of nitrogens with one attached hydrogen (secondary N) is 1. The standard InChI is InChI=1S/C14H17N7OS/c15-9-1-2-21(5-9)14(22)10-6-20(3-4-23-10)13-11-12(17-7-16-11)18-8-19-13/h6-9H,1-5,15H2,(H,16,17,18,19)/t9-/m1/s1. The quantitative estimate of drug-likeness (QED) is 0.816. The van der Waals surface area contributed by atoms with Crippen molar-refractivity contribution in [3.63, 3.8) is 0 Å². The first kappa shape index (κ1) is 14.5. The molecule has 4 rings (SSSR count). The molecule has 0 aliphatic carbocycles. The molecule has 2 aliphatic heterocycles. The van der Waals surface area contributed by atoms with E-state index in [2.05, 4.69) is 19.9 Å². The summed E-state index contributed by atoms with van der Waals surface area (Å²) in [4.78, 5) is 32.9. The SMILES string of the molecule is N[C@@H]1CCN(C(=O)C2=CN(c3ncnc4nc[nH]c34)CCS2)C1. The number of thioether (sulfide) groups is 1. The Morgan fingerprint density at radius 3 is 3.09 bits per heavy atom. The van der Waals surface area contributed by atoms with Crippen molar-refractivity contribution >= 4 is 34.7 Å². The molecule has 1 fully saturated rings. The summed E-state index contributed by atoms with van der Waals surface area (Å²) in [5, 5.41) is 0. The van der Waals surface area contributed by atoms with Crippen LogP contribution >= 0.6 is 11.8 Å². The summed E-state index contributed by atoms with van der Waals surface area (Å²) >= 11 is 1.58. The minimum atomic E-state index is 0.0579. The van der Waals surface area contributed by atoms with Crippen LogP contribution < -0.4 is 10.6 Å². The van der Waals surface area contributed by atoms with Crippen molar-refractivity contribution in [1.82, 2.24) is 24.8 Å². The van der Waals surface area contributed by atoms with E-state index in [1.165, 1.54) is 6.33 Å². The zero-order valence-electron chi connectivity index (χ0n) is 12.5. The molecule has 2 aromatic rings. The predicted octanol–water partition coefficient (Wildman–Crippen LogP) is 0.307. The molecule has 4 heterocycles. The van der Waals surface area contributed by atoms with Crippen LogP contribution in [0, 0.1) is 0 Å². The number of hydrogen-bond donors (Lipinski definition) is 2. The molecular weight excluding hydrogens is 314 g/mol. The molecule has 2 aromatic heterocycles. The lowest BCUT2D eigenvalue weighted by Gasteiger charge is -2.27. The second-order valence-corrected chi connectivity index (χ2v) is 6.77. The molecule has 0 saturated carbocycles. The summed E-state index contributed by atoms with van der Waals surface area (Å²) in [5.74, 6) is 1.63. The molecule has 2 aliphatic rings. The van der Waals surface area contributed by atoms with E-state index in [4.69, 9.17) is 5.73 Å². The molecule has 1 atom stereocenters. The van der Waals surface area contributed by atoms with Gasteiger partial charge < -0.3 is 20.5 Å². The normalized spacial score (nSPS) is 21.8. The lowest BCUT2D eigenvalue weighted by molar-refractivity contribution is -0.125. The van der Waals surface area contributed by atoms with Crippen LogP contribution in [0.25, 0.3) is 11.2 Å². The van der Waals surface area contributed by atoms with Crippen LogP contribution in [0.1, 0.15) is 6.42 Å². The van der Waals surface area contributed by atoms with Crippen molar-refractivity contribution in [1.29, 1.82) is 0 Å². The lowest BCUT2D eigenvalue weighted by Crippen LogP contribution is -2.35. The van der Waals surface area contributed by atoms with Gasteiger partial charge in [-0.05, 0) is 6.42 Å². The summed E-state index contributed by atoms with van der Waals surface area (Å²) < 4.78 is 0. The summed E-state index contributed by atoms with van der Waals surface area (Å²) in [6.07, 6.45) is 5.84. The first-order valence-corrected chi connectivity index (χ1v) is 8.51. The molecule has 120 valence electrons. The first-order valence-electron chi connectivity index (χ1n) is 7.52. The monoisotopic (exact) mass is 331 g/mol. The van der Waals surface area contributed by atoms with E-state index >= 15 is 0 Å². The number of anilines is 1. The van der Waals surface area contributed by atoms with E-state index in [-0.39, 0.29) is 11.9 Å². The molecule has 0 spiro atoms. The fourth-order valence-electron chi connectivity index (χ4n) is 2.88. The number of imidazole rings is 1. The van der Waals surface area contributed by atoms with Crippen LogP contribution in [0.15, 0.2) is 23.8 Å². The van der Waals surface area contributed by atoms with Crippen molar-refractivity contribution in [2.75, 3.05) is 30.3 Å². The second kappa shape index (κ2) is 5.82. The van der Waals surface area contributed by atoms with Gasteiger partial charge in [-0.15, -0.1) is 11.8 Å². The second-order valence-electron chi connectivity index (χ2n) is 5.63. The number of aromatic amines is 1. The van der Waals surface area contributed by atoms with Crippen molar-refractivity contribution < 1.29 is 4.79 Å². The molecule has 1 saturated heterocycles. The van der Waals surface area contributed by atoms with Gasteiger partial charge in [0.15, 0.2) is 11.5 Å². The van der Waals surface area contributed by atoms with Gasteiger partial charge in [0.1, 0.15) is 11.8 Å². The Morgan fingerprint density at radius 1 is 1.35 bits per heavy atom. The first-order chi connectivity index (χ1) is 11.2. The summed E-state index contributed by atoms with van der Waals surface area (Å²) in [6.45, 7) is 2.15. The minimum Gasteiger partial charge on any atom is -0.340 e. The fraction of sp³-hybridized carbons (Fsp3) is 0.429. The van der Waals surface area contributed by atoms with E-state index in [1.54, 1.807) is 18.1 Å². The van der Waals surface area contributed by atoms with E-state index < -0.39 is 0 Å². The third kappa shape index (κ3) is 2.66. The van der Waals surface area contributed by atoms with Crippen LogP contribution in [0.5, 0.6) is 0 Å². The van der Waals surface area contributed by atoms with Gasteiger partial charge in [0.2, 0.25) is 0 Å². The van der Waals surface area contributed by atoms with Gasteiger partial charge in [0.05, 0.1) is 11.2 Å². The Kier molecular flexibility index (Phi) is 3.66. The zero-order valence-corrected chi connectivity index (χ0v) is 13.3. The van der Waals surface area contributed by atoms with E-state index in [0.717, 1.165) is 41.5 Å². The third-order valence-electron chi connectivity index (χ3n) is 4.06. The van der Waals surface area contributed by atoms with Gasteiger partial charge in [-0.25, -0.2) is 15.0 Å². The van der Waals surface area contributed by atoms with Gasteiger partial charge in [0.25, 0.3) is 5.91 Å². The molecular formula is C14H17N7OS. The minimum absolute atomic E-state index is 0.0579. The molecule has 0 unspecified atom stereocenters. The number of nitrogens with zero attached hydrogens (tertiary/aromatic N) is 5. The van der Waals surface area contributed by atoms with Crippen LogP contribution in [0.3, 0.4) is 0 Å². The molecule has 0 bridgehead atoms. The number of amides is 1. The Bertz CT molecular complexity index is 773. The highest BCUT2D eigenvalue weighted by Gasteiger charge is 2.28. The van der Waals surface area contributed by atoms with Crippen molar-refractivity contribution in [2.24, 2.45) is 5.73 Å². The Balaban J connectivity index is 1.63. The number of rotatable bonds is 2. The number of H-pyrrole nitrogens is 1. The van der Waals surface area contributed by atoms with E-state index in [0.29, 0.717) is 12.2 Å². The van der Waals surface area contributed by atoms with Gasteiger partial charge in [-0.3, -0.25) is 4.79 Å². The maximum absolute atomic E-state index is 12.6. The number of hydrogen-bond acceptors (Lipinski definition) is 7. The van der Waals surface area contributed by atoms with Crippen LogP contribution in [0.2, 0.25) is 0 Å². The van der Waals surface area contributed by atoms with Gasteiger partial charge >= 0.3 is 0 Å². The molecule has 0 aromatic carbocycles. The Morgan fingerprint density at radius 2 is 2.26 bits per heavy atom. The summed E-state index contributed by atoms with van der Waals surface area (Å²) in [5.41, 5.74) is 7.31. The number of carbonyl (C=O) groups excluding carboxylic acids is 1. The molecule has 23 heavy (non-hydrogen) atoms. The predicted molar refractivity (Wildman–Crippen MR) is 88.7 cm³/mol. The fourth-order valence-corrected chi connectivity index (χ4v) is 3.84.